The van der Waals surface area contributed by atoms with Crippen molar-refractivity contribution in [2.45, 2.75) is 83.4 Å². The number of anilines is 2. The highest BCUT2D eigenvalue weighted by atomic mass is 19.1. The molecule has 164 valence electrons. The molecule has 6 heteroatoms. The molecule has 0 radical (unpaired) electrons. The minimum atomic E-state index is -0.338. The van der Waals surface area contributed by atoms with Crippen molar-refractivity contribution in [1.82, 2.24) is 4.90 Å². The van der Waals surface area contributed by atoms with Crippen LogP contribution in [0.15, 0.2) is 12.1 Å². The number of benzene rings is 1. The SMILES string of the molecule is CCCOC1CCC(C)(N2CCC(Nc3cc(C)c(F)cc3N(C)[O-])CC2)CC1. The van der Waals surface area contributed by atoms with Crippen molar-refractivity contribution >= 4 is 11.4 Å². The number of hydrogen-bond acceptors (Lipinski definition) is 5. The van der Waals surface area contributed by atoms with Gasteiger partial charge in [-0.3, -0.25) is 4.90 Å². The summed E-state index contributed by atoms with van der Waals surface area (Å²) in [6, 6.07) is 3.40. The van der Waals surface area contributed by atoms with Gasteiger partial charge < -0.3 is 20.3 Å². The van der Waals surface area contributed by atoms with Crippen LogP contribution in [-0.4, -0.2) is 49.3 Å². The van der Waals surface area contributed by atoms with E-state index in [1.54, 1.807) is 13.0 Å². The summed E-state index contributed by atoms with van der Waals surface area (Å²) in [5.74, 6) is -0.338. The van der Waals surface area contributed by atoms with Gasteiger partial charge in [-0.2, -0.15) is 0 Å². The lowest BCUT2D eigenvalue weighted by atomic mass is 9.79. The van der Waals surface area contributed by atoms with Crippen molar-refractivity contribution in [2.75, 3.05) is 37.1 Å². The summed E-state index contributed by atoms with van der Waals surface area (Å²) >= 11 is 0. The maximum absolute atomic E-state index is 13.9. The number of likely N-dealkylation sites (tertiary alicyclic amines) is 1. The monoisotopic (exact) mass is 406 g/mol. The molecule has 2 aliphatic rings. The Labute approximate surface area is 175 Å². The Morgan fingerprint density at radius 3 is 2.48 bits per heavy atom. The van der Waals surface area contributed by atoms with Crippen LogP contribution in [0, 0.1) is 17.9 Å². The van der Waals surface area contributed by atoms with Gasteiger partial charge in [0.2, 0.25) is 0 Å². The van der Waals surface area contributed by atoms with Crippen molar-refractivity contribution in [1.29, 1.82) is 0 Å². The highest BCUT2D eigenvalue weighted by Crippen LogP contribution is 2.37. The molecule has 0 bridgehead atoms. The Hall–Kier alpha value is -1.37. The van der Waals surface area contributed by atoms with Crippen molar-refractivity contribution in [3.05, 3.63) is 28.7 Å². The number of halogens is 1. The number of hydroxylamine groups is 1. The van der Waals surface area contributed by atoms with Crippen LogP contribution in [0.3, 0.4) is 0 Å². The van der Waals surface area contributed by atoms with Gasteiger partial charge in [0.15, 0.2) is 0 Å². The molecule has 1 saturated heterocycles. The van der Waals surface area contributed by atoms with Crippen LogP contribution in [0.25, 0.3) is 0 Å². The molecule has 0 atom stereocenters. The van der Waals surface area contributed by atoms with E-state index < -0.39 is 0 Å². The number of nitrogens with zero attached hydrogens (tertiary/aromatic N) is 2. The Kier molecular flexibility index (Phi) is 7.41. The minimum absolute atomic E-state index is 0.268. The molecule has 1 aromatic rings. The molecule has 0 spiro atoms. The molecule has 0 unspecified atom stereocenters. The predicted molar refractivity (Wildman–Crippen MR) is 118 cm³/mol. The first-order chi connectivity index (χ1) is 13.8. The first-order valence-corrected chi connectivity index (χ1v) is 11.2. The number of nitrogens with one attached hydrogen (secondary N) is 1. The molecule has 1 saturated carbocycles. The molecule has 0 aromatic heterocycles. The van der Waals surface area contributed by atoms with Crippen LogP contribution < -0.4 is 10.4 Å². The van der Waals surface area contributed by atoms with E-state index in [1.165, 1.54) is 26.0 Å². The number of rotatable bonds is 7. The maximum atomic E-state index is 13.9. The summed E-state index contributed by atoms with van der Waals surface area (Å²) in [4.78, 5) is 2.65. The number of hydrogen-bond donors (Lipinski definition) is 1. The van der Waals surface area contributed by atoms with Crippen molar-refractivity contribution in [3.63, 3.8) is 0 Å². The Bertz CT molecular complexity index is 666. The fourth-order valence-corrected chi connectivity index (χ4v) is 4.81. The first kappa shape index (κ1) is 22.3. The zero-order chi connectivity index (χ0) is 21.0. The van der Waals surface area contributed by atoms with Gasteiger partial charge in [-0.15, -0.1) is 0 Å². The molecule has 5 nitrogen and oxygen atoms in total. The fraction of sp³-hybridized carbons (Fsp3) is 0.739. The Balaban J connectivity index is 1.54. The quantitative estimate of drug-likeness (QED) is 0.641. The van der Waals surface area contributed by atoms with E-state index >= 15 is 0 Å². The molecule has 1 heterocycles. The average molecular weight is 407 g/mol. The lowest BCUT2D eigenvalue weighted by Crippen LogP contribution is -2.53. The third-order valence-electron chi connectivity index (χ3n) is 6.80. The second-order valence-electron chi connectivity index (χ2n) is 9.09. The van der Waals surface area contributed by atoms with E-state index in [2.05, 4.69) is 24.1 Å². The van der Waals surface area contributed by atoms with Crippen LogP contribution in [0.2, 0.25) is 0 Å². The topological polar surface area (TPSA) is 50.8 Å². The van der Waals surface area contributed by atoms with Gasteiger partial charge in [0, 0.05) is 31.3 Å². The van der Waals surface area contributed by atoms with Gasteiger partial charge >= 0.3 is 0 Å². The van der Waals surface area contributed by atoms with Crippen LogP contribution >= 0.6 is 0 Å². The molecular weight excluding hydrogens is 369 g/mol. The zero-order valence-corrected chi connectivity index (χ0v) is 18.5. The maximum Gasteiger partial charge on any atom is 0.128 e. The molecule has 0 amide bonds. The van der Waals surface area contributed by atoms with Gasteiger partial charge in [0.25, 0.3) is 0 Å². The smallest absolute Gasteiger partial charge is 0.128 e. The molecule has 29 heavy (non-hydrogen) atoms. The van der Waals surface area contributed by atoms with E-state index in [1.807, 2.05) is 0 Å². The number of ether oxygens (including phenoxy) is 1. The molecule has 2 fully saturated rings. The highest BCUT2D eigenvalue weighted by Gasteiger charge is 2.38. The zero-order valence-electron chi connectivity index (χ0n) is 18.5. The Morgan fingerprint density at radius 2 is 1.90 bits per heavy atom. The van der Waals surface area contributed by atoms with Gasteiger partial charge in [-0.25, -0.2) is 4.39 Å². The van der Waals surface area contributed by atoms with E-state index in [4.69, 9.17) is 4.74 Å². The number of piperidine rings is 1. The summed E-state index contributed by atoms with van der Waals surface area (Å²) in [5, 5.41) is 16.1. The van der Waals surface area contributed by atoms with Gasteiger partial charge in [-0.1, -0.05) is 6.92 Å². The normalized spacial score (nSPS) is 26.5. The first-order valence-electron chi connectivity index (χ1n) is 11.2. The molecule has 1 aliphatic heterocycles. The van der Waals surface area contributed by atoms with Crippen LogP contribution in [-0.2, 0) is 4.74 Å². The second kappa shape index (κ2) is 9.63. The van der Waals surface area contributed by atoms with Gasteiger partial charge in [0.1, 0.15) is 5.82 Å². The standard InChI is InChI=1S/C23H37FN3O2/c1-5-14-29-19-6-10-23(3,11-7-19)27-12-8-18(9-13-27)25-21-15-17(2)20(24)16-22(21)26(4)28/h15-16,18-19,25H,5-14H2,1-4H3/q-1. The Morgan fingerprint density at radius 1 is 1.24 bits per heavy atom. The van der Waals surface area contributed by atoms with E-state index in [9.17, 15) is 9.60 Å². The second-order valence-corrected chi connectivity index (χ2v) is 9.09. The summed E-state index contributed by atoms with van der Waals surface area (Å²) in [6.45, 7) is 9.29. The summed E-state index contributed by atoms with van der Waals surface area (Å²) in [6.07, 6.45) is 8.29. The predicted octanol–water partition coefficient (Wildman–Crippen LogP) is 5.07. The van der Waals surface area contributed by atoms with Crippen LogP contribution in [0.4, 0.5) is 15.8 Å². The van der Waals surface area contributed by atoms with Crippen LogP contribution in [0.1, 0.15) is 64.4 Å². The third-order valence-corrected chi connectivity index (χ3v) is 6.80. The highest BCUT2D eigenvalue weighted by molar-refractivity contribution is 5.71. The van der Waals surface area contributed by atoms with Crippen molar-refractivity contribution < 1.29 is 9.13 Å². The van der Waals surface area contributed by atoms with E-state index in [0.29, 0.717) is 23.4 Å². The number of aryl methyl sites for hydroxylation is 1. The lowest BCUT2D eigenvalue weighted by Gasteiger charge is -2.48. The van der Waals surface area contributed by atoms with Crippen LogP contribution in [0.5, 0.6) is 0 Å². The summed E-state index contributed by atoms with van der Waals surface area (Å²) in [7, 11) is 1.42. The van der Waals surface area contributed by atoms with Crippen molar-refractivity contribution in [3.8, 4) is 0 Å². The molecule has 1 aliphatic carbocycles. The van der Waals surface area contributed by atoms with E-state index in [-0.39, 0.29) is 11.4 Å². The lowest BCUT2D eigenvalue weighted by molar-refractivity contribution is -0.0277. The fourth-order valence-electron chi connectivity index (χ4n) is 4.81. The third kappa shape index (κ3) is 5.41. The average Bonchev–Trinajstić information content (AvgIpc) is 2.70. The molecule has 3 rings (SSSR count). The van der Waals surface area contributed by atoms with Gasteiger partial charge in [-0.05, 0) is 83.5 Å². The minimum Gasteiger partial charge on any atom is -0.758 e. The van der Waals surface area contributed by atoms with Gasteiger partial charge in [0.05, 0.1) is 17.5 Å². The summed E-state index contributed by atoms with van der Waals surface area (Å²) in [5.41, 5.74) is 1.93. The molecular formula is C23H37FN3O2-. The molecule has 1 aromatic carbocycles. The summed E-state index contributed by atoms with van der Waals surface area (Å²) < 4.78 is 19.8. The largest absolute Gasteiger partial charge is 0.758 e. The van der Waals surface area contributed by atoms with Crippen molar-refractivity contribution in [2.24, 2.45) is 0 Å². The van der Waals surface area contributed by atoms with E-state index in [0.717, 1.165) is 62.6 Å². The molecule has 1 N–H and O–H groups in total.